The van der Waals surface area contributed by atoms with E-state index >= 15 is 0 Å². The van der Waals surface area contributed by atoms with Crippen LogP contribution in [0.15, 0.2) is 0 Å². The Labute approximate surface area is 91.4 Å². The minimum absolute atomic E-state index is 0.0654. The van der Waals surface area contributed by atoms with Gasteiger partial charge < -0.3 is 11.1 Å². The average Bonchev–Trinajstić information content (AvgIpc) is 2.17. The molecule has 0 rings (SSSR count). The van der Waals surface area contributed by atoms with Crippen molar-refractivity contribution < 1.29 is 4.79 Å². The first kappa shape index (κ1) is 13.4. The van der Waals surface area contributed by atoms with E-state index in [1.165, 1.54) is 0 Å². The summed E-state index contributed by atoms with van der Waals surface area (Å²) in [5.41, 5.74) is 5.38. The van der Waals surface area contributed by atoms with Gasteiger partial charge in [0, 0.05) is 6.54 Å². The first-order chi connectivity index (χ1) is 6.52. The first-order valence-electron chi connectivity index (χ1n) is 5.09. The van der Waals surface area contributed by atoms with Crippen LogP contribution >= 0.6 is 12.2 Å². The highest BCUT2D eigenvalue weighted by Gasteiger charge is 2.15. The number of amides is 1. The second kappa shape index (κ2) is 6.76. The van der Waals surface area contributed by atoms with E-state index in [0.29, 0.717) is 5.92 Å². The van der Waals surface area contributed by atoms with E-state index in [-0.39, 0.29) is 16.8 Å². The monoisotopic (exact) mass is 216 g/mol. The Kier molecular flexibility index (Phi) is 6.45. The van der Waals surface area contributed by atoms with Gasteiger partial charge in [-0.15, -0.1) is 0 Å². The number of nitrogens with two attached hydrogens (primary N) is 1. The third-order valence-electron chi connectivity index (χ3n) is 2.54. The lowest BCUT2D eigenvalue weighted by molar-refractivity contribution is -0.122. The molecule has 3 nitrogen and oxygen atoms in total. The van der Waals surface area contributed by atoms with Crippen molar-refractivity contribution in [3.05, 3.63) is 0 Å². The third-order valence-corrected chi connectivity index (χ3v) is 2.89. The molecule has 0 aliphatic rings. The topological polar surface area (TPSA) is 55.1 Å². The summed E-state index contributed by atoms with van der Waals surface area (Å²) in [6.45, 7) is 6.69. The molecule has 0 spiro atoms. The van der Waals surface area contributed by atoms with Crippen molar-refractivity contribution >= 4 is 23.1 Å². The van der Waals surface area contributed by atoms with E-state index in [4.69, 9.17) is 18.0 Å². The predicted molar refractivity (Wildman–Crippen MR) is 63.0 cm³/mol. The zero-order valence-electron chi connectivity index (χ0n) is 9.17. The highest BCUT2D eigenvalue weighted by atomic mass is 32.1. The van der Waals surface area contributed by atoms with Crippen LogP contribution in [0.2, 0.25) is 0 Å². The predicted octanol–water partition coefficient (Wildman–Crippen LogP) is 1.46. The summed E-state index contributed by atoms with van der Waals surface area (Å²) in [4.78, 5) is 11.7. The van der Waals surface area contributed by atoms with Crippen LogP contribution in [0.1, 0.15) is 33.6 Å². The second-order valence-electron chi connectivity index (χ2n) is 3.55. The molecule has 0 aliphatic heterocycles. The summed E-state index contributed by atoms with van der Waals surface area (Å²) in [5, 5.41) is 2.86. The van der Waals surface area contributed by atoms with Gasteiger partial charge in [-0.1, -0.05) is 38.9 Å². The van der Waals surface area contributed by atoms with Crippen LogP contribution in [0, 0.1) is 11.8 Å². The van der Waals surface area contributed by atoms with Crippen molar-refractivity contribution in [2.75, 3.05) is 6.54 Å². The molecule has 14 heavy (non-hydrogen) atoms. The number of hydrogen-bond donors (Lipinski definition) is 2. The highest BCUT2D eigenvalue weighted by Crippen LogP contribution is 2.05. The molecule has 3 N–H and O–H groups in total. The summed E-state index contributed by atoms with van der Waals surface area (Å²) in [6.07, 6.45) is 2.16. The molecule has 1 atom stereocenters. The lowest BCUT2D eigenvalue weighted by Gasteiger charge is -2.15. The van der Waals surface area contributed by atoms with Gasteiger partial charge in [-0.3, -0.25) is 4.79 Å². The number of nitrogens with one attached hydrogen (secondary N) is 1. The van der Waals surface area contributed by atoms with Gasteiger partial charge in [-0.05, 0) is 12.8 Å². The normalized spacial score (nSPS) is 12.6. The Morgan fingerprint density at radius 3 is 2.29 bits per heavy atom. The lowest BCUT2D eigenvalue weighted by Crippen LogP contribution is -2.38. The summed E-state index contributed by atoms with van der Waals surface area (Å²) in [7, 11) is 0. The van der Waals surface area contributed by atoms with E-state index in [2.05, 4.69) is 19.2 Å². The fourth-order valence-corrected chi connectivity index (χ4v) is 1.21. The Morgan fingerprint density at radius 2 is 1.93 bits per heavy atom. The molecule has 0 saturated heterocycles. The highest BCUT2D eigenvalue weighted by molar-refractivity contribution is 7.80. The van der Waals surface area contributed by atoms with Crippen LogP contribution in [0.5, 0.6) is 0 Å². The molecule has 0 aromatic rings. The van der Waals surface area contributed by atoms with Crippen molar-refractivity contribution in [1.82, 2.24) is 5.32 Å². The van der Waals surface area contributed by atoms with Crippen LogP contribution in [0.3, 0.4) is 0 Å². The van der Waals surface area contributed by atoms with Gasteiger partial charge in [0.2, 0.25) is 5.91 Å². The molecule has 1 unspecified atom stereocenters. The summed E-state index contributed by atoms with van der Waals surface area (Å²) in [6, 6.07) is 0. The molecule has 0 fully saturated rings. The van der Waals surface area contributed by atoms with Gasteiger partial charge >= 0.3 is 0 Å². The Hall–Kier alpha value is -0.640. The zero-order valence-corrected chi connectivity index (χ0v) is 9.99. The van der Waals surface area contributed by atoms with Gasteiger partial charge in [0.15, 0.2) is 0 Å². The Bertz CT molecular complexity index is 202. The molecule has 82 valence electrons. The SMILES string of the molecule is CCC(CC)CNC(=O)C(C)C(N)=S. The van der Waals surface area contributed by atoms with Crippen molar-refractivity contribution in [3.8, 4) is 0 Å². The molecule has 4 heteroatoms. The van der Waals surface area contributed by atoms with E-state index in [1.54, 1.807) is 6.92 Å². The first-order valence-corrected chi connectivity index (χ1v) is 5.50. The number of hydrogen-bond acceptors (Lipinski definition) is 2. The number of thiocarbonyl (C=S) groups is 1. The Balaban J connectivity index is 3.89. The molecule has 0 aromatic carbocycles. The van der Waals surface area contributed by atoms with Gasteiger partial charge in [-0.25, -0.2) is 0 Å². The molecule has 0 aliphatic carbocycles. The lowest BCUT2D eigenvalue weighted by atomic mass is 10.0. The van der Waals surface area contributed by atoms with Crippen LogP contribution in [-0.4, -0.2) is 17.4 Å². The zero-order chi connectivity index (χ0) is 11.1. The molecule has 0 bridgehead atoms. The maximum Gasteiger partial charge on any atom is 0.229 e. The molecule has 0 saturated carbocycles. The van der Waals surface area contributed by atoms with E-state index < -0.39 is 0 Å². The van der Waals surface area contributed by atoms with Gasteiger partial charge in [-0.2, -0.15) is 0 Å². The summed E-state index contributed by atoms with van der Waals surface area (Å²) < 4.78 is 0. The van der Waals surface area contributed by atoms with Crippen LogP contribution in [0.4, 0.5) is 0 Å². The maximum atomic E-state index is 11.4. The van der Waals surface area contributed by atoms with Crippen molar-refractivity contribution in [2.24, 2.45) is 17.6 Å². The summed E-state index contributed by atoms with van der Waals surface area (Å²) in [5.74, 6) is 0.126. The number of carbonyl (C=O) groups excluding carboxylic acids is 1. The van der Waals surface area contributed by atoms with Crippen LogP contribution < -0.4 is 11.1 Å². The third kappa shape index (κ3) is 4.56. The molecule has 0 heterocycles. The van der Waals surface area contributed by atoms with Crippen molar-refractivity contribution in [2.45, 2.75) is 33.6 Å². The van der Waals surface area contributed by atoms with E-state index in [1.807, 2.05) is 0 Å². The fraction of sp³-hybridized carbons (Fsp3) is 0.800. The second-order valence-corrected chi connectivity index (χ2v) is 4.02. The van der Waals surface area contributed by atoms with Crippen LogP contribution in [0.25, 0.3) is 0 Å². The molecule has 1 amide bonds. The van der Waals surface area contributed by atoms with Gasteiger partial charge in [0.25, 0.3) is 0 Å². The number of carbonyl (C=O) groups is 1. The quantitative estimate of drug-likeness (QED) is 0.661. The molecular formula is C10H20N2OS. The van der Waals surface area contributed by atoms with Gasteiger partial charge in [0.1, 0.15) is 0 Å². The van der Waals surface area contributed by atoms with Crippen molar-refractivity contribution in [1.29, 1.82) is 0 Å². The maximum absolute atomic E-state index is 11.4. The summed E-state index contributed by atoms with van der Waals surface area (Å²) >= 11 is 4.75. The smallest absolute Gasteiger partial charge is 0.229 e. The average molecular weight is 216 g/mol. The van der Waals surface area contributed by atoms with E-state index in [0.717, 1.165) is 19.4 Å². The molecule has 0 aromatic heterocycles. The standard InChI is InChI=1S/C10H20N2OS/c1-4-8(5-2)6-12-10(13)7(3)9(11)14/h7-8H,4-6H2,1-3H3,(H2,11,14)(H,12,13). The van der Waals surface area contributed by atoms with Crippen LogP contribution in [-0.2, 0) is 4.79 Å². The Morgan fingerprint density at radius 1 is 1.43 bits per heavy atom. The molecule has 0 radical (unpaired) electrons. The largest absolute Gasteiger partial charge is 0.393 e. The van der Waals surface area contributed by atoms with E-state index in [9.17, 15) is 4.79 Å². The minimum Gasteiger partial charge on any atom is -0.393 e. The fourth-order valence-electron chi connectivity index (χ4n) is 1.10. The number of rotatable bonds is 6. The van der Waals surface area contributed by atoms with Crippen molar-refractivity contribution in [3.63, 3.8) is 0 Å². The molecular weight excluding hydrogens is 196 g/mol. The van der Waals surface area contributed by atoms with Gasteiger partial charge in [0.05, 0.1) is 10.9 Å². The minimum atomic E-state index is -0.362.